The van der Waals surface area contributed by atoms with Gasteiger partial charge in [-0.3, -0.25) is 0 Å². The first kappa shape index (κ1) is 14.8. The molecule has 6 heteroatoms. The van der Waals surface area contributed by atoms with Crippen molar-refractivity contribution in [3.05, 3.63) is 24.3 Å². The molecule has 1 saturated heterocycles. The molecule has 1 aromatic carbocycles. The summed E-state index contributed by atoms with van der Waals surface area (Å²) in [5, 5.41) is 9.39. The van der Waals surface area contributed by atoms with Gasteiger partial charge in [0.1, 0.15) is 6.04 Å². The number of benzene rings is 1. The molecule has 0 aromatic heterocycles. The Morgan fingerprint density at radius 2 is 2.00 bits per heavy atom. The van der Waals surface area contributed by atoms with Crippen molar-refractivity contribution in [2.24, 2.45) is 5.92 Å². The van der Waals surface area contributed by atoms with Crippen LogP contribution in [0.25, 0.3) is 0 Å². The summed E-state index contributed by atoms with van der Waals surface area (Å²) >= 11 is 0. The van der Waals surface area contributed by atoms with Crippen LogP contribution in [0.2, 0.25) is 0 Å². The zero-order valence-electron chi connectivity index (χ0n) is 11.6. The Morgan fingerprint density at radius 3 is 2.60 bits per heavy atom. The minimum Gasteiger partial charge on any atom is -0.480 e. The fourth-order valence-electron chi connectivity index (χ4n) is 2.67. The largest absolute Gasteiger partial charge is 0.480 e. The molecule has 20 heavy (non-hydrogen) atoms. The Kier molecular flexibility index (Phi) is 4.04. The molecule has 0 spiro atoms. The third-order valence-corrected chi connectivity index (χ3v) is 4.87. The number of piperidine rings is 1. The van der Waals surface area contributed by atoms with Gasteiger partial charge in [-0.2, -0.15) is 0 Å². The lowest BCUT2D eigenvalue weighted by Crippen LogP contribution is -2.47. The van der Waals surface area contributed by atoms with Gasteiger partial charge in [-0.25, -0.2) is 13.2 Å². The highest BCUT2D eigenvalue weighted by atomic mass is 32.2. The van der Waals surface area contributed by atoms with E-state index in [0.29, 0.717) is 24.6 Å². The van der Waals surface area contributed by atoms with Crippen LogP contribution in [0, 0.1) is 5.92 Å². The first-order valence-electron chi connectivity index (χ1n) is 6.59. The topological polar surface area (TPSA) is 74.7 Å². The maximum absolute atomic E-state index is 11.9. The number of carboxylic acids is 1. The van der Waals surface area contributed by atoms with Gasteiger partial charge in [0.05, 0.1) is 10.6 Å². The maximum Gasteiger partial charge on any atom is 0.326 e. The second-order valence-electron chi connectivity index (χ2n) is 5.42. The lowest BCUT2D eigenvalue weighted by molar-refractivity contribution is -0.139. The molecule has 0 saturated carbocycles. The predicted octanol–water partition coefficient (Wildman–Crippen LogP) is 1.78. The number of nitrogens with zero attached hydrogens (tertiary/aromatic N) is 1. The summed E-state index contributed by atoms with van der Waals surface area (Å²) in [6.07, 6.45) is 2.55. The lowest BCUT2D eigenvalue weighted by Gasteiger charge is -2.38. The van der Waals surface area contributed by atoms with Crippen LogP contribution in [0.15, 0.2) is 29.2 Å². The van der Waals surface area contributed by atoms with E-state index in [4.69, 9.17) is 0 Å². The highest BCUT2D eigenvalue weighted by molar-refractivity contribution is 7.90. The number of hydrogen-bond acceptors (Lipinski definition) is 4. The Hall–Kier alpha value is -1.56. The van der Waals surface area contributed by atoms with Crippen molar-refractivity contribution in [3.8, 4) is 0 Å². The standard InChI is InChI=1S/C14H19NO4S/c1-10-7-8-15(12(9-10)14(16)17)11-5-3-4-6-13(11)20(2,18)19/h3-6,10,12H,7-9H2,1-2H3,(H,16,17). The van der Waals surface area contributed by atoms with E-state index in [1.165, 1.54) is 6.07 Å². The molecule has 0 aliphatic carbocycles. The van der Waals surface area contributed by atoms with E-state index in [1.54, 1.807) is 23.1 Å². The first-order valence-corrected chi connectivity index (χ1v) is 8.48. The number of anilines is 1. The third-order valence-electron chi connectivity index (χ3n) is 3.72. The average Bonchev–Trinajstić information content (AvgIpc) is 2.37. The van der Waals surface area contributed by atoms with Gasteiger partial charge in [-0.05, 0) is 30.9 Å². The lowest BCUT2D eigenvalue weighted by atomic mass is 9.92. The van der Waals surface area contributed by atoms with Crippen LogP contribution in [-0.2, 0) is 14.6 Å². The number of sulfone groups is 1. The molecule has 110 valence electrons. The summed E-state index contributed by atoms with van der Waals surface area (Å²) in [5.74, 6) is -0.572. The van der Waals surface area contributed by atoms with Crippen LogP contribution in [0.5, 0.6) is 0 Å². The van der Waals surface area contributed by atoms with E-state index >= 15 is 0 Å². The minimum absolute atomic E-state index is 0.195. The third kappa shape index (κ3) is 2.95. The van der Waals surface area contributed by atoms with Crippen LogP contribution in [0.3, 0.4) is 0 Å². The minimum atomic E-state index is -3.38. The number of rotatable bonds is 3. The van der Waals surface area contributed by atoms with Crippen molar-refractivity contribution in [3.63, 3.8) is 0 Å². The Morgan fingerprint density at radius 1 is 1.35 bits per heavy atom. The monoisotopic (exact) mass is 297 g/mol. The van der Waals surface area contributed by atoms with Crippen LogP contribution >= 0.6 is 0 Å². The van der Waals surface area contributed by atoms with E-state index in [0.717, 1.165) is 12.7 Å². The number of carboxylic acid groups (broad SMARTS) is 1. The highest BCUT2D eigenvalue weighted by Gasteiger charge is 2.33. The Labute approximate surface area is 119 Å². The van der Waals surface area contributed by atoms with Gasteiger partial charge in [-0.1, -0.05) is 19.1 Å². The SMILES string of the molecule is CC1CCN(c2ccccc2S(C)(=O)=O)C(C(=O)O)C1. The van der Waals surface area contributed by atoms with Gasteiger partial charge in [0.25, 0.3) is 0 Å². The summed E-state index contributed by atoms with van der Waals surface area (Å²) in [4.78, 5) is 13.4. The summed E-state index contributed by atoms with van der Waals surface area (Å²) in [6.45, 7) is 2.58. The van der Waals surface area contributed by atoms with Crippen molar-refractivity contribution in [1.29, 1.82) is 0 Å². The molecule has 0 radical (unpaired) electrons. The van der Waals surface area contributed by atoms with Crippen LogP contribution in [0.4, 0.5) is 5.69 Å². The molecule has 2 atom stereocenters. The van der Waals surface area contributed by atoms with E-state index in [-0.39, 0.29) is 4.90 Å². The zero-order valence-corrected chi connectivity index (χ0v) is 12.4. The molecule has 1 heterocycles. The van der Waals surface area contributed by atoms with E-state index in [9.17, 15) is 18.3 Å². The quantitative estimate of drug-likeness (QED) is 0.920. The van der Waals surface area contributed by atoms with Gasteiger partial charge in [0.15, 0.2) is 9.84 Å². The maximum atomic E-state index is 11.9. The second-order valence-corrected chi connectivity index (χ2v) is 7.40. The predicted molar refractivity (Wildman–Crippen MR) is 76.7 cm³/mol. The summed E-state index contributed by atoms with van der Waals surface area (Å²) in [7, 11) is -3.38. The summed E-state index contributed by atoms with van der Waals surface area (Å²) < 4.78 is 23.7. The summed E-state index contributed by atoms with van der Waals surface area (Å²) in [5.41, 5.74) is 0.495. The van der Waals surface area contributed by atoms with Crippen molar-refractivity contribution in [1.82, 2.24) is 0 Å². The zero-order chi connectivity index (χ0) is 14.9. The molecular weight excluding hydrogens is 278 g/mol. The van der Waals surface area contributed by atoms with Crippen molar-refractivity contribution in [2.45, 2.75) is 30.7 Å². The molecule has 1 fully saturated rings. The van der Waals surface area contributed by atoms with Crippen molar-refractivity contribution in [2.75, 3.05) is 17.7 Å². The fraction of sp³-hybridized carbons (Fsp3) is 0.500. The molecule has 1 aliphatic heterocycles. The average molecular weight is 297 g/mol. The molecule has 1 aliphatic rings. The van der Waals surface area contributed by atoms with Crippen molar-refractivity contribution < 1.29 is 18.3 Å². The van der Waals surface area contributed by atoms with Gasteiger partial charge in [0, 0.05) is 12.8 Å². The highest BCUT2D eigenvalue weighted by Crippen LogP contribution is 2.32. The molecule has 0 amide bonds. The number of aliphatic carboxylic acids is 1. The van der Waals surface area contributed by atoms with Crippen LogP contribution < -0.4 is 4.90 Å². The fourth-order valence-corrected chi connectivity index (χ4v) is 3.56. The Balaban J connectivity index is 2.47. The normalized spacial score (nSPS) is 23.6. The van der Waals surface area contributed by atoms with Crippen LogP contribution in [-0.4, -0.2) is 38.3 Å². The van der Waals surface area contributed by atoms with Crippen LogP contribution in [0.1, 0.15) is 19.8 Å². The van der Waals surface area contributed by atoms with E-state index in [2.05, 4.69) is 0 Å². The molecule has 0 bridgehead atoms. The molecule has 5 nitrogen and oxygen atoms in total. The first-order chi connectivity index (χ1) is 9.30. The second kappa shape index (κ2) is 5.44. The van der Waals surface area contributed by atoms with E-state index in [1.807, 2.05) is 6.92 Å². The van der Waals surface area contributed by atoms with Gasteiger partial charge in [-0.15, -0.1) is 0 Å². The Bertz CT molecular complexity index is 611. The number of para-hydroxylation sites is 1. The molecule has 1 N–H and O–H groups in total. The number of hydrogen-bond donors (Lipinski definition) is 1. The molecule has 2 unspecified atom stereocenters. The molecular formula is C14H19NO4S. The molecule has 1 aromatic rings. The van der Waals surface area contributed by atoms with E-state index < -0.39 is 21.8 Å². The van der Waals surface area contributed by atoms with Crippen molar-refractivity contribution >= 4 is 21.5 Å². The smallest absolute Gasteiger partial charge is 0.326 e. The van der Waals surface area contributed by atoms with Gasteiger partial charge < -0.3 is 10.0 Å². The molecule has 2 rings (SSSR count). The van der Waals surface area contributed by atoms with Gasteiger partial charge in [0.2, 0.25) is 0 Å². The summed E-state index contributed by atoms with van der Waals surface area (Å²) in [6, 6.07) is 5.94. The van der Waals surface area contributed by atoms with Gasteiger partial charge >= 0.3 is 5.97 Å². The number of carbonyl (C=O) groups is 1.